The highest BCUT2D eigenvalue weighted by atomic mass is 32.1. The van der Waals surface area contributed by atoms with E-state index in [1.54, 1.807) is 0 Å². The molecule has 0 aliphatic carbocycles. The van der Waals surface area contributed by atoms with Gasteiger partial charge in [0.25, 0.3) is 5.91 Å². The first-order valence-corrected chi connectivity index (χ1v) is 6.79. The van der Waals surface area contributed by atoms with Crippen molar-refractivity contribution < 1.29 is 9.53 Å². The van der Waals surface area contributed by atoms with Gasteiger partial charge in [-0.3, -0.25) is 4.79 Å². The molecule has 0 fully saturated rings. The van der Waals surface area contributed by atoms with Gasteiger partial charge in [0, 0.05) is 18.0 Å². The number of fused-ring (bicyclic) bond motifs is 1. The molecule has 19 heavy (non-hydrogen) atoms. The zero-order valence-corrected chi connectivity index (χ0v) is 11.8. The third-order valence-electron chi connectivity index (χ3n) is 3.26. The van der Waals surface area contributed by atoms with Gasteiger partial charge < -0.3 is 15.8 Å². The van der Waals surface area contributed by atoms with Gasteiger partial charge in [-0.05, 0) is 29.7 Å². The average molecular weight is 278 g/mol. The van der Waals surface area contributed by atoms with Crippen molar-refractivity contribution in [1.29, 1.82) is 0 Å². The van der Waals surface area contributed by atoms with Crippen LogP contribution in [0.15, 0.2) is 18.2 Å². The summed E-state index contributed by atoms with van der Waals surface area (Å²) in [6.45, 7) is 3.22. The third-order valence-corrected chi connectivity index (χ3v) is 3.43. The summed E-state index contributed by atoms with van der Waals surface area (Å²) < 4.78 is 5.34. The number of carbonyl (C=O) groups is 1. The first-order chi connectivity index (χ1) is 9.10. The van der Waals surface area contributed by atoms with Gasteiger partial charge in [0.15, 0.2) is 0 Å². The van der Waals surface area contributed by atoms with Gasteiger partial charge in [0.2, 0.25) is 0 Å². The second-order valence-corrected chi connectivity index (χ2v) is 5.25. The topological polar surface area (TPSA) is 64.3 Å². The molecule has 1 amide bonds. The minimum atomic E-state index is -0.0854. The molecular formula is C14H18N2O2S. The van der Waals surface area contributed by atoms with Crippen molar-refractivity contribution in [1.82, 2.24) is 5.32 Å². The van der Waals surface area contributed by atoms with E-state index in [1.807, 2.05) is 25.1 Å². The highest BCUT2D eigenvalue weighted by Gasteiger charge is 2.16. The lowest BCUT2D eigenvalue weighted by Crippen LogP contribution is -2.37. The molecule has 1 heterocycles. The summed E-state index contributed by atoms with van der Waals surface area (Å²) >= 11 is 4.88. The largest absolute Gasteiger partial charge is 0.393 e. The van der Waals surface area contributed by atoms with Crippen LogP contribution in [0, 0.1) is 0 Å². The minimum Gasteiger partial charge on any atom is -0.393 e. The van der Waals surface area contributed by atoms with E-state index in [9.17, 15) is 4.79 Å². The number of carbonyl (C=O) groups excluding carboxylic acids is 1. The van der Waals surface area contributed by atoms with Crippen LogP contribution in [0.4, 0.5) is 0 Å². The van der Waals surface area contributed by atoms with Crippen LogP contribution in [0.5, 0.6) is 0 Å². The number of nitrogens with one attached hydrogen (secondary N) is 1. The Labute approximate surface area is 118 Å². The first-order valence-electron chi connectivity index (χ1n) is 6.39. The maximum absolute atomic E-state index is 12.2. The van der Waals surface area contributed by atoms with Crippen molar-refractivity contribution in [3.8, 4) is 0 Å². The molecule has 4 nitrogen and oxygen atoms in total. The average Bonchev–Trinajstić information content (AvgIpc) is 2.84. The molecule has 1 aliphatic heterocycles. The quantitative estimate of drug-likeness (QED) is 0.807. The van der Waals surface area contributed by atoms with E-state index in [1.165, 1.54) is 0 Å². The van der Waals surface area contributed by atoms with Gasteiger partial charge >= 0.3 is 0 Å². The number of nitrogens with two attached hydrogens (primary N) is 1. The molecule has 1 aliphatic rings. The number of thiocarbonyl (C=S) groups is 1. The van der Waals surface area contributed by atoms with Crippen LogP contribution in [-0.4, -0.2) is 16.9 Å². The highest BCUT2D eigenvalue weighted by Crippen LogP contribution is 2.20. The second kappa shape index (κ2) is 6.12. The van der Waals surface area contributed by atoms with Gasteiger partial charge in [-0.1, -0.05) is 25.2 Å². The number of benzene rings is 1. The summed E-state index contributed by atoms with van der Waals surface area (Å²) in [4.78, 5) is 12.6. The fourth-order valence-corrected chi connectivity index (χ4v) is 2.32. The molecule has 0 saturated carbocycles. The van der Waals surface area contributed by atoms with Gasteiger partial charge in [0.05, 0.1) is 18.2 Å². The molecule has 1 aromatic rings. The van der Waals surface area contributed by atoms with Crippen LogP contribution in [0.3, 0.4) is 0 Å². The Bertz CT molecular complexity index is 502. The smallest absolute Gasteiger partial charge is 0.251 e. The summed E-state index contributed by atoms with van der Waals surface area (Å²) in [5.74, 6) is -0.0854. The maximum atomic E-state index is 12.2. The Hall–Kier alpha value is -1.46. The molecule has 0 radical (unpaired) electrons. The summed E-state index contributed by atoms with van der Waals surface area (Å²) in [6, 6.07) is 5.67. The molecule has 0 spiro atoms. The van der Waals surface area contributed by atoms with Gasteiger partial charge in [-0.2, -0.15) is 0 Å². The van der Waals surface area contributed by atoms with E-state index in [2.05, 4.69) is 5.32 Å². The van der Waals surface area contributed by atoms with E-state index < -0.39 is 0 Å². The Kier molecular flexibility index (Phi) is 4.50. The molecule has 1 unspecified atom stereocenters. The molecule has 1 aromatic carbocycles. The molecule has 0 saturated heterocycles. The molecule has 3 N–H and O–H groups in total. The van der Waals surface area contributed by atoms with Crippen molar-refractivity contribution in [3.63, 3.8) is 0 Å². The summed E-state index contributed by atoms with van der Waals surface area (Å²) in [7, 11) is 0. The van der Waals surface area contributed by atoms with Crippen LogP contribution < -0.4 is 11.1 Å². The standard InChI is InChI=1S/C14H18N2O2S/c1-2-12(6-13(15)19)16-14(17)9-3-4-10-7-18-8-11(10)5-9/h3-5,12H,2,6-8H2,1H3,(H2,15,19)(H,16,17). The maximum Gasteiger partial charge on any atom is 0.251 e. The lowest BCUT2D eigenvalue weighted by atomic mass is 10.0. The van der Waals surface area contributed by atoms with Crippen LogP contribution in [0.2, 0.25) is 0 Å². The SMILES string of the molecule is CCC(CC(N)=S)NC(=O)c1ccc2c(c1)COC2. The van der Waals surface area contributed by atoms with E-state index in [0.29, 0.717) is 30.2 Å². The van der Waals surface area contributed by atoms with E-state index >= 15 is 0 Å². The number of rotatable bonds is 5. The van der Waals surface area contributed by atoms with Gasteiger partial charge in [-0.25, -0.2) is 0 Å². The monoisotopic (exact) mass is 278 g/mol. The summed E-state index contributed by atoms with van der Waals surface area (Å²) in [5.41, 5.74) is 8.43. The fourth-order valence-electron chi connectivity index (χ4n) is 2.12. The molecule has 0 aromatic heterocycles. The molecule has 2 rings (SSSR count). The number of ether oxygens (including phenoxy) is 1. The van der Waals surface area contributed by atoms with Crippen molar-refractivity contribution in [2.45, 2.75) is 39.0 Å². The Morgan fingerprint density at radius 1 is 1.47 bits per heavy atom. The molecule has 102 valence electrons. The van der Waals surface area contributed by atoms with Crippen molar-refractivity contribution >= 4 is 23.1 Å². The Balaban J connectivity index is 2.05. The zero-order valence-electron chi connectivity index (χ0n) is 10.9. The Morgan fingerprint density at radius 3 is 2.89 bits per heavy atom. The van der Waals surface area contributed by atoms with Gasteiger partial charge in [-0.15, -0.1) is 0 Å². The van der Waals surface area contributed by atoms with E-state index in [4.69, 9.17) is 22.7 Å². The molecule has 0 bridgehead atoms. The molecule has 5 heteroatoms. The van der Waals surface area contributed by atoms with Crippen LogP contribution in [-0.2, 0) is 18.0 Å². The molecular weight excluding hydrogens is 260 g/mol. The van der Waals surface area contributed by atoms with E-state index in [0.717, 1.165) is 17.5 Å². The Morgan fingerprint density at radius 2 is 2.21 bits per heavy atom. The number of hydrogen-bond donors (Lipinski definition) is 2. The second-order valence-electron chi connectivity index (χ2n) is 4.73. The van der Waals surface area contributed by atoms with Crippen LogP contribution >= 0.6 is 12.2 Å². The lowest BCUT2D eigenvalue weighted by Gasteiger charge is -2.16. The predicted molar refractivity (Wildman–Crippen MR) is 77.9 cm³/mol. The van der Waals surface area contributed by atoms with Crippen LogP contribution in [0.1, 0.15) is 41.3 Å². The number of hydrogen-bond acceptors (Lipinski definition) is 3. The summed E-state index contributed by atoms with van der Waals surface area (Å²) in [6.07, 6.45) is 1.34. The predicted octanol–water partition coefficient (Wildman–Crippen LogP) is 1.90. The zero-order chi connectivity index (χ0) is 13.8. The van der Waals surface area contributed by atoms with Crippen LogP contribution in [0.25, 0.3) is 0 Å². The summed E-state index contributed by atoms with van der Waals surface area (Å²) in [5, 5.41) is 2.96. The first kappa shape index (κ1) is 14.0. The normalized spacial score (nSPS) is 14.8. The highest BCUT2D eigenvalue weighted by molar-refractivity contribution is 7.80. The number of amides is 1. The van der Waals surface area contributed by atoms with Crippen molar-refractivity contribution in [2.75, 3.05) is 0 Å². The third kappa shape index (κ3) is 3.52. The minimum absolute atomic E-state index is 0.00509. The van der Waals surface area contributed by atoms with Gasteiger partial charge in [0.1, 0.15) is 0 Å². The lowest BCUT2D eigenvalue weighted by molar-refractivity contribution is 0.0937. The molecule has 1 atom stereocenters. The van der Waals surface area contributed by atoms with Crippen molar-refractivity contribution in [2.24, 2.45) is 5.73 Å². The van der Waals surface area contributed by atoms with Crippen molar-refractivity contribution in [3.05, 3.63) is 34.9 Å². The fraction of sp³-hybridized carbons (Fsp3) is 0.429. The van der Waals surface area contributed by atoms with E-state index in [-0.39, 0.29) is 11.9 Å².